The van der Waals surface area contributed by atoms with Crippen LogP contribution in [0.1, 0.15) is 32.5 Å². The molecule has 102 valence electrons. The Balaban J connectivity index is 1.98. The van der Waals surface area contributed by atoms with Crippen molar-refractivity contribution in [1.29, 1.82) is 0 Å². The van der Waals surface area contributed by atoms with Crippen molar-refractivity contribution < 1.29 is 8.42 Å². The monoisotopic (exact) mass is 271 g/mol. The van der Waals surface area contributed by atoms with Gasteiger partial charge in [-0.05, 0) is 19.8 Å². The van der Waals surface area contributed by atoms with Crippen LogP contribution in [0.3, 0.4) is 0 Å². The fraction of sp³-hybridized carbons (Fsp3) is 0.750. The molecule has 5 nitrogen and oxygen atoms in total. The number of nitrogens with one attached hydrogen (secondary N) is 1. The van der Waals surface area contributed by atoms with Gasteiger partial charge in [0.05, 0.1) is 23.5 Å². The van der Waals surface area contributed by atoms with E-state index in [1.807, 2.05) is 19.4 Å². The van der Waals surface area contributed by atoms with Gasteiger partial charge in [-0.15, -0.1) is 0 Å². The highest BCUT2D eigenvalue weighted by molar-refractivity contribution is 7.91. The van der Waals surface area contributed by atoms with Crippen molar-refractivity contribution in [2.45, 2.75) is 39.4 Å². The third-order valence-corrected chi connectivity index (χ3v) is 5.39. The summed E-state index contributed by atoms with van der Waals surface area (Å²) in [5.41, 5.74) is 1.10. The molecule has 1 N–H and O–H groups in total. The second-order valence-corrected chi connectivity index (χ2v) is 7.58. The number of hydrogen-bond acceptors (Lipinski definition) is 4. The van der Waals surface area contributed by atoms with Crippen molar-refractivity contribution in [3.05, 3.63) is 18.2 Å². The third-order valence-electron chi connectivity index (χ3n) is 3.49. The summed E-state index contributed by atoms with van der Waals surface area (Å²) in [7, 11) is -2.85. The van der Waals surface area contributed by atoms with Crippen LogP contribution in [0.2, 0.25) is 0 Å². The van der Waals surface area contributed by atoms with Crippen LogP contribution < -0.4 is 5.32 Å². The van der Waals surface area contributed by atoms with Crippen LogP contribution in [0.25, 0.3) is 0 Å². The average Bonchev–Trinajstić information content (AvgIpc) is 2.79. The molecule has 1 aliphatic heterocycles. The maximum Gasteiger partial charge on any atom is 0.152 e. The van der Waals surface area contributed by atoms with Crippen LogP contribution in [0.15, 0.2) is 12.5 Å². The lowest BCUT2D eigenvalue weighted by atomic mass is 10.1. The van der Waals surface area contributed by atoms with Crippen molar-refractivity contribution >= 4 is 9.84 Å². The molecule has 2 atom stereocenters. The lowest BCUT2D eigenvalue weighted by molar-refractivity contribution is 0.440. The van der Waals surface area contributed by atoms with Crippen LogP contribution in [-0.2, 0) is 16.4 Å². The molecule has 0 saturated carbocycles. The zero-order valence-electron chi connectivity index (χ0n) is 11.1. The van der Waals surface area contributed by atoms with Gasteiger partial charge >= 0.3 is 0 Å². The normalized spacial score (nSPS) is 26.9. The highest BCUT2D eigenvalue weighted by Gasteiger charge is 2.34. The van der Waals surface area contributed by atoms with Crippen molar-refractivity contribution in [2.75, 3.05) is 11.5 Å². The molecule has 1 aromatic heterocycles. The summed E-state index contributed by atoms with van der Waals surface area (Å²) in [5, 5.41) is 3.34. The van der Waals surface area contributed by atoms with Crippen LogP contribution in [-0.4, -0.2) is 35.5 Å². The summed E-state index contributed by atoms with van der Waals surface area (Å²) < 4.78 is 25.2. The summed E-state index contributed by atoms with van der Waals surface area (Å²) in [6.07, 6.45) is 3.65. The van der Waals surface area contributed by atoms with Gasteiger partial charge < -0.3 is 9.88 Å². The van der Waals surface area contributed by atoms with E-state index in [2.05, 4.69) is 28.7 Å². The molecule has 18 heavy (non-hydrogen) atoms. The number of imidazole rings is 1. The second kappa shape index (κ2) is 5.01. The summed E-state index contributed by atoms with van der Waals surface area (Å²) in [6, 6.07) is 0.430. The molecule has 0 spiro atoms. The largest absolute Gasteiger partial charge is 0.331 e. The van der Waals surface area contributed by atoms with E-state index in [0.717, 1.165) is 5.69 Å². The molecule has 0 aliphatic carbocycles. The van der Waals surface area contributed by atoms with Gasteiger partial charge in [-0.2, -0.15) is 0 Å². The molecule has 0 aromatic carbocycles. The minimum absolute atomic E-state index is 0.0607. The van der Waals surface area contributed by atoms with Crippen LogP contribution in [0.5, 0.6) is 0 Å². The minimum Gasteiger partial charge on any atom is -0.331 e. The quantitative estimate of drug-likeness (QED) is 0.887. The molecule has 1 aliphatic rings. The van der Waals surface area contributed by atoms with E-state index < -0.39 is 9.84 Å². The molecule has 6 heteroatoms. The summed E-state index contributed by atoms with van der Waals surface area (Å²) >= 11 is 0. The van der Waals surface area contributed by atoms with Gasteiger partial charge in [-0.1, -0.05) is 6.92 Å². The smallest absolute Gasteiger partial charge is 0.152 e. The van der Waals surface area contributed by atoms with E-state index in [1.165, 1.54) is 0 Å². The van der Waals surface area contributed by atoms with Crippen molar-refractivity contribution in [1.82, 2.24) is 14.9 Å². The van der Waals surface area contributed by atoms with Gasteiger partial charge in [-0.3, -0.25) is 0 Å². The van der Waals surface area contributed by atoms with E-state index in [4.69, 9.17) is 0 Å². The maximum absolute atomic E-state index is 11.5. The highest BCUT2D eigenvalue weighted by atomic mass is 32.2. The van der Waals surface area contributed by atoms with E-state index in [1.54, 1.807) is 0 Å². The van der Waals surface area contributed by atoms with E-state index >= 15 is 0 Å². The van der Waals surface area contributed by atoms with E-state index in [-0.39, 0.29) is 17.7 Å². The van der Waals surface area contributed by atoms with Crippen LogP contribution in [0, 0.1) is 5.92 Å². The zero-order chi connectivity index (χ0) is 13.3. The average molecular weight is 271 g/mol. The zero-order valence-corrected chi connectivity index (χ0v) is 11.9. The summed E-state index contributed by atoms with van der Waals surface area (Å²) in [5.74, 6) is 0.739. The van der Waals surface area contributed by atoms with Crippen LogP contribution in [0.4, 0.5) is 0 Å². The Morgan fingerprint density at radius 3 is 2.78 bits per heavy atom. The Morgan fingerprint density at radius 1 is 1.50 bits per heavy atom. The first kappa shape index (κ1) is 13.5. The van der Waals surface area contributed by atoms with Gasteiger partial charge in [-0.25, -0.2) is 13.4 Å². The molecule has 2 heterocycles. The first-order valence-electron chi connectivity index (χ1n) is 6.33. The molecule has 0 unspecified atom stereocenters. The molecule has 1 saturated heterocycles. The van der Waals surface area contributed by atoms with E-state index in [9.17, 15) is 8.42 Å². The van der Waals surface area contributed by atoms with Gasteiger partial charge in [0.15, 0.2) is 9.84 Å². The number of sulfone groups is 1. The Morgan fingerprint density at radius 2 is 2.22 bits per heavy atom. The maximum atomic E-state index is 11.5. The third kappa shape index (κ3) is 2.92. The van der Waals surface area contributed by atoms with E-state index in [0.29, 0.717) is 18.3 Å². The fourth-order valence-electron chi connectivity index (χ4n) is 2.45. The predicted octanol–water partition coefficient (Wildman–Crippen LogP) is 0.987. The Labute approximate surface area is 109 Å². The molecular weight excluding hydrogens is 250 g/mol. The molecule has 0 radical (unpaired) electrons. The molecule has 1 aromatic rings. The Bertz CT molecular complexity index is 507. The van der Waals surface area contributed by atoms with Gasteiger partial charge in [0.25, 0.3) is 0 Å². The predicted molar refractivity (Wildman–Crippen MR) is 71.1 cm³/mol. The lowest BCUT2D eigenvalue weighted by Gasteiger charge is -2.17. The van der Waals surface area contributed by atoms with Gasteiger partial charge in [0.2, 0.25) is 0 Å². The fourth-order valence-corrected chi connectivity index (χ4v) is 4.62. The van der Waals surface area contributed by atoms with Crippen LogP contribution >= 0.6 is 0 Å². The number of hydrogen-bond donors (Lipinski definition) is 1. The molecule has 1 fully saturated rings. The topological polar surface area (TPSA) is 64.0 Å². The molecule has 0 bridgehead atoms. The first-order chi connectivity index (χ1) is 8.39. The highest BCUT2D eigenvalue weighted by Crippen LogP contribution is 2.19. The van der Waals surface area contributed by atoms with Crippen molar-refractivity contribution in [3.63, 3.8) is 0 Å². The first-order valence-corrected chi connectivity index (χ1v) is 8.15. The number of nitrogens with zero attached hydrogens (tertiary/aromatic N) is 2. The molecular formula is C12H21N3O2S. The van der Waals surface area contributed by atoms with Gasteiger partial charge in [0.1, 0.15) is 0 Å². The Kier molecular flexibility index (Phi) is 3.77. The van der Waals surface area contributed by atoms with Gasteiger partial charge in [0, 0.05) is 24.8 Å². The molecule has 0 amide bonds. The van der Waals surface area contributed by atoms with Crippen molar-refractivity contribution in [3.8, 4) is 0 Å². The molecule has 2 rings (SSSR count). The second-order valence-electron chi connectivity index (χ2n) is 5.43. The minimum atomic E-state index is -2.85. The lowest BCUT2D eigenvalue weighted by Crippen LogP contribution is -2.34. The number of aromatic nitrogens is 2. The SMILES string of the molecule is CC(C)n1cncc1CN[C@@H]1CS(=O)(=O)C[C@@H]1C. The van der Waals surface area contributed by atoms with Crippen molar-refractivity contribution in [2.24, 2.45) is 5.92 Å². The number of rotatable bonds is 4. The summed E-state index contributed by atoms with van der Waals surface area (Å²) in [6.45, 7) is 6.87. The Hall–Kier alpha value is -0.880. The standard InChI is InChI=1S/C12H21N3O2S/c1-9(2)15-8-13-4-11(15)5-14-12-7-18(16,17)6-10(12)3/h4,8-10,12,14H,5-7H2,1-3H3/t10-,12+/m0/s1. The summed E-state index contributed by atoms with van der Waals surface area (Å²) in [4.78, 5) is 4.14.